The van der Waals surface area contributed by atoms with Crippen LogP contribution in [0.25, 0.3) is 143 Å². The zero-order valence-electron chi connectivity index (χ0n) is 36.1. The maximum absolute atomic E-state index is 6.21. The molecule has 0 saturated heterocycles. The molecular formula is C63H37N3O. The molecule has 0 atom stereocenters. The molecule has 2 heterocycles. The molecule has 0 saturated carbocycles. The maximum atomic E-state index is 6.21. The molecule has 0 radical (unpaired) electrons. The molecule has 4 nitrogen and oxygen atoms in total. The minimum absolute atomic E-state index is 0.598. The first kappa shape index (κ1) is 37.4. The molecule has 0 N–H and O–H groups in total. The number of para-hydroxylation sites is 1. The number of hydrogen-bond acceptors (Lipinski definition) is 4. The van der Waals surface area contributed by atoms with Gasteiger partial charge in [0.15, 0.2) is 17.5 Å². The van der Waals surface area contributed by atoms with Gasteiger partial charge in [0.05, 0.1) is 0 Å². The van der Waals surface area contributed by atoms with E-state index in [4.69, 9.17) is 19.4 Å². The highest BCUT2D eigenvalue weighted by Gasteiger charge is 2.21. The van der Waals surface area contributed by atoms with Crippen molar-refractivity contribution in [2.45, 2.75) is 0 Å². The van der Waals surface area contributed by atoms with E-state index in [1.807, 2.05) is 36.4 Å². The van der Waals surface area contributed by atoms with Crippen LogP contribution < -0.4 is 0 Å². The predicted octanol–water partition coefficient (Wildman–Crippen LogP) is 17.0. The second kappa shape index (κ2) is 14.8. The van der Waals surface area contributed by atoms with Gasteiger partial charge in [-0.1, -0.05) is 200 Å². The molecule has 0 spiro atoms. The zero-order chi connectivity index (χ0) is 44.0. The van der Waals surface area contributed by atoms with Gasteiger partial charge >= 0.3 is 0 Å². The van der Waals surface area contributed by atoms with Crippen molar-refractivity contribution in [1.29, 1.82) is 0 Å². The van der Waals surface area contributed by atoms with Crippen LogP contribution in [-0.2, 0) is 0 Å². The van der Waals surface area contributed by atoms with Gasteiger partial charge in [-0.15, -0.1) is 0 Å². The first-order valence-corrected chi connectivity index (χ1v) is 22.7. The average molecular weight is 852 g/mol. The lowest BCUT2D eigenvalue weighted by Crippen LogP contribution is -2.01. The highest BCUT2D eigenvalue weighted by atomic mass is 16.3. The summed E-state index contributed by atoms with van der Waals surface area (Å²) in [7, 11) is 0. The number of furan rings is 1. The Bertz CT molecular complexity index is 4230. The fourth-order valence-electron chi connectivity index (χ4n) is 10.6. The smallest absolute Gasteiger partial charge is 0.164 e. The van der Waals surface area contributed by atoms with E-state index in [0.717, 1.165) is 61.2 Å². The molecule has 0 amide bonds. The summed E-state index contributed by atoms with van der Waals surface area (Å²) in [6, 6.07) is 80.2. The van der Waals surface area contributed by atoms with Crippen molar-refractivity contribution < 1.29 is 4.42 Å². The largest absolute Gasteiger partial charge is 0.456 e. The van der Waals surface area contributed by atoms with Crippen LogP contribution >= 0.6 is 0 Å². The Balaban J connectivity index is 0.970. The third-order valence-electron chi connectivity index (χ3n) is 13.6. The Hall–Kier alpha value is -8.99. The van der Waals surface area contributed by atoms with Gasteiger partial charge in [0.2, 0.25) is 0 Å². The van der Waals surface area contributed by atoms with Crippen LogP contribution in [-0.4, -0.2) is 15.0 Å². The first-order chi connectivity index (χ1) is 33.2. The van der Waals surface area contributed by atoms with E-state index in [9.17, 15) is 0 Å². The van der Waals surface area contributed by atoms with Crippen molar-refractivity contribution in [3.63, 3.8) is 0 Å². The quantitative estimate of drug-likeness (QED) is 0.156. The van der Waals surface area contributed by atoms with Gasteiger partial charge in [-0.3, -0.25) is 0 Å². The minimum Gasteiger partial charge on any atom is -0.456 e. The molecule has 0 aliphatic carbocycles. The molecule has 12 aromatic carbocycles. The van der Waals surface area contributed by atoms with E-state index in [1.54, 1.807) is 0 Å². The molecule has 14 aromatic rings. The fraction of sp³-hybridized carbons (Fsp3) is 0. The van der Waals surface area contributed by atoms with Crippen LogP contribution in [0.5, 0.6) is 0 Å². The van der Waals surface area contributed by atoms with Gasteiger partial charge in [-0.05, 0) is 111 Å². The molecule has 310 valence electrons. The van der Waals surface area contributed by atoms with Crippen LogP contribution in [0.2, 0.25) is 0 Å². The SMILES string of the molecule is c1ccc(-c2nc(-c3ccc(-c4cc5ccccc5o4)cc3)nc(-c3ccccc3-c3ccccc3-c3cc4ccc5cccc6c7cccc8ccc9cccc(c(c3)c4c56)c9c87)n2)cc1. The molecule has 14 rings (SSSR count). The molecule has 0 bridgehead atoms. The van der Waals surface area contributed by atoms with E-state index < -0.39 is 0 Å². The number of rotatable bonds is 6. The summed E-state index contributed by atoms with van der Waals surface area (Å²) in [5.74, 6) is 2.64. The lowest BCUT2D eigenvalue weighted by Gasteiger charge is -2.18. The van der Waals surface area contributed by atoms with Crippen LogP contribution in [0.15, 0.2) is 229 Å². The molecule has 0 fully saturated rings. The topological polar surface area (TPSA) is 51.8 Å². The fourth-order valence-corrected chi connectivity index (χ4v) is 10.6. The molecule has 67 heavy (non-hydrogen) atoms. The van der Waals surface area contributed by atoms with E-state index in [1.165, 1.54) is 64.6 Å². The van der Waals surface area contributed by atoms with Crippen LogP contribution in [0.1, 0.15) is 0 Å². The standard InChI is InChI=1S/C63H37N3O/c1-2-13-42(14-3-1)61-64-62(43-32-27-38(28-33-43)56-37-44-15-4-9-26-55(44)67-56)66-63(65-61)53-22-8-7-21-49(53)48-20-6-5-19-47(48)46-35-45-34-31-41-17-11-24-51-50-23-10-16-39-29-30-40-18-12-25-52(59(40)57(39)50)54(36-46)60(45)58(41)51/h1-37H. The Morgan fingerprint density at radius 1 is 0.254 bits per heavy atom. The number of nitrogens with zero attached hydrogens (tertiary/aromatic N) is 3. The van der Waals surface area contributed by atoms with E-state index in [2.05, 4.69) is 188 Å². The Morgan fingerprint density at radius 3 is 1.36 bits per heavy atom. The zero-order valence-corrected chi connectivity index (χ0v) is 36.1. The maximum Gasteiger partial charge on any atom is 0.164 e. The summed E-state index contributed by atoms with van der Waals surface area (Å²) < 4.78 is 6.21. The van der Waals surface area contributed by atoms with Crippen molar-refractivity contribution in [2.24, 2.45) is 0 Å². The Labute approximate surface area is 385 Å². The molecule has 0 aliphatic heterocycles. The summed E-state index contributed by atoms with van der Waals surface area (Å²) in [6.07, 6.45) is 0. The Morgan fingerprint density at radius 2 is 0.716 bits per heavy atom. The predicted molar refractivity (Wildman–Crippen MR) is 278 cm³/mol. The third-order valence-corrected chi connectivity index (χ3v) is 13.6. The summed E-state index contributed by atoms with van der Waals surface area (Å²) in [4.78, 5) is 15.6. The monoisotopic (exact) mass is 851 g/mol. The molecule has 4 heteroatoms. The van der Waals surface area contributed by atoms with Gasteiger partial charge in [-0.2, -0.15) is 0 Å². The lowest BCUT2D eigenvalue weighted by molar-refractivity contribution is 0.631. The number of hydrogen-bond donors (Lipinski definition) is 0. The minimum atomic E-state index is 0.598. The lowest BCUT2D eigenvalue weighted by atomic mass is 9.85. The normalized spacial score (nSPS) is 11.9. The van der Waals surface area contributed by atoms with Gasteiger partial charge in [0, 0.05) is 27.6 Å². The third kappa shape index (κ3) is 5.97. The van der Waals surface area contributed by atoms with Crippen molar-refractivity contribution >= 4 is 75.6 Å². The highest BCUT2D eigenvalue weighted by molar-refractivity contribution is 6.37. The van der Waals surface area contributed by atoms with Crippen LogP contribution in [0.3, 0.4) is 0 Å². The second-order valence-electron chi connectivity index (χ2n) is 17.5. The van der Waals surface area contributed by atoms with Crippen molar-refractivity contribution in [3.8, 4) is 67.7 Å². The van der Waals surface area contributed by atoms with Crippen molar-refractivity contribution in [3.05, 3.63) is 224 Å². The van der Waals surface area contributed by atoms with Gasteiger partial charge in [-0.25, -0.2) is 15.0 Å². The number of fused-ring (bicyclic) bond motifs is 3. The van der Waals surface area contributed by atoms with Crippen LogP contribution in [0, 0.1) is 0 Å². The van der Waals surface area contributed by atoms with Crippen molar-refractivity contribution in [1.82, 2.24) is 15.0 Å². The van der Waals surface area contributed by atoms with Crippen LogP contribution in [0.4, 0.5) is 0 Å². The summed E-state index contributed by atoms with van der Waals surface area (Å²) in [6.45, 7) is 0. The van der Waals surface area contributed by atoms with E-state index >= 15 is 0 Å². The van der Waals surface area contributed by atoms with Crippen molar-refractivity contribution in [2.75, 3.05) is 0 Å². The summed E-state index contributed by atoms with van der Waals surface area (Å²) in [5, 5.41) is 16.2. The molecule has 0 unspecified atom stereocenters. The van der Waals surface area contributed by atoms with Gasteiger partial charge < -0.3 is 4.42 Å². The average Bonchev–Trinajstić information content (AvgIpc) is 3.84. The first-order valence-electron chi connectivity index (χ1n) is 22.7. The number of aromatic nitrogens is 3. The number of benzene rings is 11. The molecule has 0 aliphatic rings. The van der Waals surface area contributed by atoms with Gasteiger partial charge in [0.25, 0.3) is 0 Å². The molecular weight excluding hydrogens is 815 g/mol. The summed E-state index contributed by atoms with van der Waals surface area (Å²) in [5.41, 5.74) is 9.01. The van der Waals surface area contributed by atoms with E-state index in [0.29, 0.717) is 17.5 Å². The molecule has 2 aromatic heterocycles. The second-order valence-corrected chi connectivity index (χ2v) is 17.5. The summed E-state index contributed by atoms with van der Waals surface area (Å²) >= 11 is 0. The Kier molecular flexibility index (Phi) is 8.25. The highest BCUT2D eigenvalue weighted by Crippen LogP contribution is 2.46. The van der Waals surface area contributed by atoms with Gasteiger partial charge in [0.1, 0.15) is 11.3 Å². The van der Waals surface area contributed by atoms with E-state index in [-0.39, 0.29) is 0 Å².